The third-order valence-corrected chi connectivity index (χ3v) is 4.29. The second-order valence-electron chi connectivity index (χ2n) is 5.35. The fraction of sp³-hybridized carbons (Fsp3) is 0.600. The fourth-order valence-electron chi connectivity index (χ4n) is 2.78. The fourth-order valence-corrected chi connectivity index (χ4v) is 2.89. The Balaban J connectivity index is 1.98. The molecule has 18 heavy (non-hydrogen) atoms. The van der Waals surface area contributed by atoms with Crippen LogP contribution in [0.25, 0.3) is 0 Å². The zero-order valence-electron chi connectivity index (χ0n) is 11.4. The predicted molar refractivity (Wildman–Crippen MR) is 76.6 cm³/mol. The molecule has 0 radical (unpaired) electrons. The molecule has 1 N–H and O–H groups in total. The van der Waals surface area contributed by atoms with E-state index in [9.17, 15) is 0 Å². The summed E-state index contributed by atoms with van der Waals surface area (Å²) in [5.74, 6) is 1.72. The second-order valence-corrected chi connectivity index (χ2v) is 5.73. The van der Waals surface area contributed by atoms with Crippen LogP contribution in [0.15, 0.2) is 12.1 Å². The van der Waals surface area contributed by atoms with Crippen molar-refractivity contribution in [2.75, 3.05) is 13.6 Å². The Bertz CT molecular complexity index is 396. The van der Waals surface area contributed by atoms with Gasteiger partial charge in [0.25, 0.3) is 0 Å². The van der Waals surface area contributed by atoms with Gasteiger partial charge in [-0.1, -0.05) is 11.6 Å². The van der Waals surface area contributed by atoms with Gasteiger partial charge >= 0.3 is 0 Å². The van der Waals surface area contributed by atoms with Crippen molar-refractivity contribution >= 4 is 11.6 Å². The molecule has 100 valence electrons. The normalized spacial score (nSPS) is 23.3. The molecule has 2 rings (SSSR count). The van der Waals surface area contributed by atoms with Crippen LogP contribution < -0.4 is 10.1 Å². The van der Waals surface area contributed by atoms with E-state index in [2.05, 4.69) is 5.32 Å². The van der Waals surface area contributed by atoms with Crippen molar-refractivity contribution in [1.29, 1.82) is 0 Å². The second kappa shape index (κ2) is 5.94. The summed E-state index contributed by atoms with van der Waals surface area (Å²) in [5, 5.41) is 4.10. The molecule has 1 saturated carbocycles. The highest BCUT2D eigenvalue weighted by molar-refractivity contribution is 6.32. The van der Waals surface area contributed by atoms with E-state index < -0.39 is 0 Å². The van der Waals surface area contributed by atoms with Gasteiger partial charge in [0.15, 0.2) is 0 Å². The van der Waals surface area contributed by atoms with Gasteiger partial charge in [0.1, 0.15) is 5.75 Å². The summed E-state index contributed by atoms with van der Waals surface area (Å²) < 4.78 is 6.08. The average molecular weight is 268 g/mol. The van der Waals surface area contributed by atoms with E-state index in [0.717, 1.165) is 47.2 Å². The lowest BCUT2D eigenvalue weighted by molar-refractivity contribution is 0.204. The molecule has 3 heteroatoms. The summed E-state index contributed by atoms with van der Waals surface area (Å²) in [6.07, 6.45) is 3.94. The van der Waals surface area contributed by atoms with E-state index in [1.807, 2.05) is 33.0 Å². The van der Waals surface area contributed by atoms with Gasteiger partial charge in [-0.25, -0.2) is 0 Å². The number of nitrogens with one attached hydrogen (secondary N) is 1. The zero-order chi connectivity index (χ0) is 13.1. The first kappa shape index (κ1) is 13.7. The number of hydrogen-bond acceptors (Lipinski definition) is 2. The van der Waals surface area contributed by atoms with Crippen LogP contribution in [0.1, 0.15) is 30.4 Å². The van der Waals surface area contributed by atoms with Crippen LogP contribution in [0.4, 0.5) is 0 Å². The largest absolute Gasteiger partial charge is 0.490 e. The molecule has 0 bridgehead atoms. The molecule has 0 spiro atoms. The summed E-state index contributed by atoms with van der Waals surface area (Å²) >= 11 is 6.17. The molecular formula is C15H22ClNO. The number of ether oxygens (including phenoxy) is 1. The smallest absolute Gasteiger partial charge is 0.120 e. The molecule has 2 nitrogen and oxygen atoms in total. The molecule has 0 amide bonds. The third kappa shape index (κ3) is 3.18. The number of hydrogen-bond donors (Lipinski definition) is 1. The van der Waals surface area contributed by atoms with Gasteiger partial charge in [-0.05, 0) is 75.9 Å². The van der Waals surface area contributed by atoms with Crippen LogP contribution in [0, 0.1) is 19.8 Å². The Morgan fingerprint density at radius 1 is 1.28 bits per heavy atom. The van der Waals surface area contributed by atoms with Gasteiger partial charge in [0.2, 0.25) is 0 Å². The molecule has 0 heterocycles. The molecule has 0 aromatic heterocycles. The summed E-state index contributed by atoms with van der Waals surface area (Å²) in [6.45, 7) is 5.15. The minimum atomic E-state index is 0.364. The SMILES string of the molecule is CNCC1CCC(Oc2cc(C)c(Cl)c(C)c2)C1. The maximum atomic E-state index is 6.17. The van der Waals surface area contributed by atoms with E-state index in [4.69, 9.17) is 16.3 Å². The topological polar surface area (TPSA) is 21.3 Å². The molecular weight excluding hydrogens is 246 g/mol. The van der Waals surface area contributed by atoms with Crippen molar-refractivity contribution in [1.82, 2.24) is 5.32 Å². The summed E-state index contributed by atoms with van der Waals surface area (Å²) in [7, 11) is 2.01. The van der Waals surface area contributed by atoms with Crippen molar-refractivity contribution in [3.8, 4) is 5.75 Å². The Kier molecular flexibility index (Phi) is 4.52. The standard InChI is InChI=1S/C15H22ClNO/c1-10-6-14(7-11(2)15(10)16)18-13-5-4-12(8-13)9-17-3/h6-7,12-13,17H,4-5,8-9H2,1-3H3. The number of halogens is 1. The Hall–Kier alpha value is -0.730. The maximum Gasteiger partial charge on any atom is 0.120 e. The minimum absolute atomic E-state index is 0.364. The highest BCUT2D eigenvalue weighted by Crippen LogP contribution is 2.31. The Morgan fingerprint density at radius 2 is 1.94 bits per heavy atom. The van der Waals surface area contributed by atoms with E-state index in [1.54, 1.807) is 0 Å². The number of benzene rings is 1. The summed E-state index contributed by atoms with van der Waals surface area (Å²) in [6, 6.07) is 4.08. The van der Waals surface area contributed by atoms with Crippen molar-refractivity contribution in [2.45, 2.75) is 39.2 Å². The van der Waals surface area contributed by atoms with Gasteiger partial charge in [-0.15, -0.1) is 0 Å². The highest BCUT2D eigenvalue weighted by Gasteiger charge is 2.25. The molecule has 2 unspecified atom stereocenters. The summed E-state index contributed by atoms with van der Waals surface area (Å²) in [4.78, 5) is 0. The first-order valence-electron chi connectivity index (χ1n) is 6.68. The minimum Gasteiger partial charge on any atom is -0.490 e. The highest BCUT2D eigenvalue weighted by atomic mass is 35.5. The first-order chi connectivity index (χ1) is 8.60. The molecule has 1 aromatic carbocycles. The van der Waals surface area contributed by atoms with Crippen LogP contribution in [-0.4, -0.2) is 19.7 Å². The molecule has 0 aliphatic heterocycles. The number of rotatable bonds is 4. The summed E-state index contributed by atoms with van der Waals surface area (Å²) in [5.41, 5.74) is 2.19. The van der Waals surface area contributed by atoms with Crippen molar-refractivity contribution in [2.24, 2.45) is 5.92 Å². The van der Waals surface area contributed by atoms with Crippen LogP contribution in [0.2, 0.25) is 5.02 Å². The van der Waals surface area contributed by atoms with Crippen LogP contribution in [0.5, 0.6) is 5.75 Å². The molecule has 2 atom stereocenters. The van der Waals surface area contributed by atoms with Gasteiger partial charge in [-0.2, -0.15) is 0 Å². The molecule has 0 saturated heterocycles. The molecule has 1 aromatic rings. The van der Waals surface area contributed by atoms with Crippen LogP contribution in [0.3, 0.4) is 0 Å². The lowest BCUT2D eigenvalue weighted by Crippen LogP contribution is -2.18. The Morgan fingerprint density at radius 3 is 2.56 bits per heavy atom. The average Bonchev–Trinajstić information content (AvgIpc) is 2.74. The van der Waals surface area contributed by atoms with E-state index in [0.29, 0.717) is 6.10 Å². The monoisotopic (exact) mass is 267 g/mol. The molecule has 1 aliphatic carbocycles. The lowest BCUT2D eigenvalue weighted by atomic mass is 10.1. The first-order valence-corrected chi connectivity index (χ1v) is 7.06. The Labute approximate surface area is 115 Å². The third-order valence-electron chi connectivity index (χ3n) is 3.70. The van der Waals surface area contributed by atoms with Crippen molar-refractivity contribution in [3.05, 3.63) is 28.3 Å². The zero-order valence-corrected chi connectivity index (χ0v) is 12.2. The van der Waals surface area contributed by atoms with Crippen molar-refractivity contribution in [3.63, 3.8) is 0 Å². The number of aryl methyl sites for hydroxylation is 2. The predicted octanol–water partition coefficient (Wildman–Crippen LogP) is 3.72. The quantitative estimate of drug-likeness (QED) is 0.898. The van der Waals surface area contributed by atoms with Crippen LogP contribution >= 0.6 is 11.6 Å². The van der Waals surface area contributed by atoms with Crippen molar-refractivity contribution < 1.29 is 4.74 Å². The van der Waals surface area contributed by atoms with Gasteiger partial charge < -0.3 is 10.1 Å². The molecule has 1 fully saturated rings. The van der Waals surface area contributed by atoms with Gasteiger partial charge in [0.05, 0.1) is 6.10 Å². The van der Waals surface area contributed by atoms with Crippen LogP contribution in [-0.2, 0) is 0 Å². The van der Waals surface area contributed by atoms with Gasteiger partial charge in [0, 0.05) is 5.02 Å². The van der Waals surface area contributed by atoms with E-state index >= 15 is 0 Å². The van der Waals surface area contributed by atoms with E-state index in [-0.39, 0.29) is 0 Å². The maximum absolute atomic E-state index is 6.17. The van der Waals surface area contributed by atoms with Gasteiger partial charge in [-0.3, -0.25) is 0 Å². The molecule has 1 aliphatic rings. The van der Waals surface area contributed by atoms with E-state index in [1.165, 1.54) is 6.42 Å². The lowest BCUT2D eigenvalue weighted by Gasteiger charge is -2.16.